The fraction of sp³-hybridized carbons (Fsp3) is 0.647. The summed E-state index contributed by atoms with van der Waals surface area (Å²) in [6, 6.07) is 7.27. The molecule has 2 unspecified atom stereocenters. The predicted octanol–water partition coefficient (Wildman–Crippen LogP) is 2.84. The Balaban J connectivity index is 2.19. The standard InChI is InChI=1S/C17H28N2O2/c1-13(19-10-6-5-7-15(19)12-18-2)14-8-9-16(20-3)17(11-14)21-4/h8-9,11,13,15,18H,5-7,10,12H2,1-4H3. The lowest BCUT2D eigenvalue weighted by molar-refractivity contribution is 0.103. The summed E-state index contributed by atoms with van der Waals surface area (Å²) in [5, 5.41) is 3.33. The van der Waals surface area contributed by atoms with Gasteiger partial charge in [-0.05, 0) is 51.1 Å². The van der Waals surface area contributed by atoms with Crippen LogP contribution in [-0.2, 0) is 0 Å². The fourth-order valence-electron chi connectivity index (χ4n) is 3.29. The zero-order valence-electron chi connectivity index (χ0n) is 13.7. The van der Waals surface area contributed by atoms with E-state index < -0.39 is 0 Å². The Morgan fingerprint density at radius 2 is 2.00 bits per heavy atom. The maximum Gasteiger partial charge on any atom is 0.161 e. The molecule has 1 N–H and O–H groups in total. The summed E-state index contributed by atoms with van der Waals surface area (Å²) < 4.78 is 10.8. The van der Waals surface area contributed by atoms with E-state index in [0.717, 1.165) is 18.0 Å². The second-order valence-corrected chi connectivity index (χ2v) is 5.74. The van der Waals surface area contributed by atoms with Gasteiger partial charge in [-0.1, -0.05) is 12.5 Å². The van der Waals surface area contributed by atoms with Crippen LogP contribution in [0.5, 0.6) is 11.5 Å². The van der Waals surface area contributed by atoms with E-state index in [0.29, 0.717) is 12.1 Å². The van der Waals surface area contributed by atoms with Gasteiger partial charge in [-0.15, -0.1) is 0 Å². The molecule has 0 saturated carbocycles. The highest BCUT2D eigenvalue weighted by Gasteiger charge is 2.27. The molecule has 2 atom stereocenters. The molecule has 4 nitrogen and oxygen atoms in total. The molecule has 1 aliphatic heterocycles. The largest absolute Gasteiger partial charge is 0.493 e. The lowest BCUT2D eigenvalue weighted by Crippen LogP contribution is -2.45. The zero-order chi connectivity index (χ0) is 15.2. The molecule has 1 heterocycles. The van der Waals surface area contributed by atoms with Crippen molar-refractivity contribution >= 4 is 0 Å². The van der Waals surface area contributed by atoms with E-state index >= 15 is 0 Å². The lowest BCUT2D eigenvalue weighted by atomic mass is 9.97. The van der Waals surface area contributed by atoms with Crippen LogP contribution >= 0.6 is 0 Å². The summed E-state index contributed by atoms with van der Waals surface area (Å²) in [6.07, 6.45) is 3.90. The second kappa shape index (κ2) is 7.66. The minimum atomic E-state index is 0.392. The summed E-state index contributed by atoms with van der Waals surface area (Å²) >= 11 is 0. The zero-order valence-corrected chi connectivity index (χ0v) is 13.7. The quantitative estimate of drug-likeness (QED) is 0.874. The van der Waals surface area contributed by atoms with E-state index in [2.05, 4.69) is 29.3 Å². The molecule has 1 aliphatic rings. The topological polar surface area (TPSA) is 33.7 Å². The van der Waals surface area contributed by atoms with Crippen molar-refractivity contribution in [2.45, 2.75) is 38.3 Å². The normalized spacial score (nSPS) is 21.0. The molecule has 1 saturated heterocycles. The number of likely N-dealkylation sites (N-methyl/N-ethyl adjacent to an activating group) is 1. The lowest BCUT2D eigenvalue weighted by Gasteiger charge is -2.40. The van der Waals surface area contributed by atoms with E-state index in [9.17, 15) is 0 Å². The van der Waals surface area contributed by atoms with E-state index in [-0.39, 0.29) is 0 Å². The monoisotopic (exact) mass is 292 g/mol. The summed E-state index contributed by atoms with van der Waals surface area (Å²) in [5.41, 5.74) is 1.29. The number of nitrogens with one attached hydrogen (secondary N) is 1. The highest BCUT2D eigenvalue weighted by molar-refractivity contribution is 5.43. The SMILES string of the molecule is CNCC1CCCCN1C(C)c1ccc(OC)c(OC)c1. The van der Waals surface area contributed by atoms with Crippen LogP contribution in [0.3, 0.4) is 0 Å². The van der Waals surface area contributed by atoms with Gasteiger partial charge in [0.05, 0.1) is 14.2 Å². The van der Waals surface area contributed by atoms with Gasteiger partial charge in [0.15, 0.2) is 11.5 Å². The molecule has 4 heteroatoms. The molecular formula is C17H28N2O2. The highest BCUT2D eigenvalue weighted by atomic mass is 16.5. The maximum atomic E-state index is 5.43. The van der Waals surface area contributed by atoms with Crippen LogP contribution in [0.25, 0.3) is 0 Å². The number of rotatable bonds is 6. The molecule has 0 aliphatic carbocycles. The van der Waals surface area contributed by atoms with Crippen molar-refractivity contribution in [3.63, 3.8) is 0 Å². The van der Waals surface area contributed by atoms with Gasteiger partial charge in [-0.3, -0.25) is 4.90 Å². The Labute approximate surface area is 128 Å². The molecule has 1 aromatic carbocycles. The average molecular weight is 292 g/mol. The van der Waals surface area contributed by atoms with Crippen molar-refractivity contribution in [1.29, 1.82) is 0 Å². The van der Waals surface area contributed by atoms with Gasteiger partial charge >= 0.3 is 0 Å². The first-order chi connectivity index (χ1) is 10.2. The van der Waals surface area contributed by atoms with Crippen molar-refractivity contribution in [3.8, 4) is 11.5 Å². The van der Waals surface area contributed by atoms with Crippen molar-refractivity contribution in [2.75, 3.05) is 34.4 Å². The van der Waals surface area contributed by atoms with Crippen LogP contribution in [0.4, 0.5) is 0 Å². The number of nitrogens with zero attached hydrogens (tertiary/aromatic N) is 1. The van der Waals surface area contributed by atoms with Crippen LogP contribution < -0.4 is 14.8 Å². The Morgan fingerprint density at radius 1 is 1.24 bits per heavy atom. The first-order valence-electron chi connectivity index (χ1n) is 7.83. The van der Waals surface area contributed by atoms with Crippen LogP contribution in [0.15, 0.2) is 18.2 Å². The van der Waals surface area contributed by atoms with Gasteiger partial charge in [0.2, 0.25) is 0 Å². The molecule has 1 fully saturated rings. The first kappa shape index (κ1) is 16.1. The molecule has 1 aromatic rings. The summed E-state index contributed by atoms with van der Waals surface area (Å²) in [4.78, 5) is 2.61. The van der Waals surface area contributed by atoms with Gasteiger partial charge in [0.1, 0.15) is 0 Å². The molecule has 0 spiro atoms. The number of piperidine rings is 1. The van der Waals surface area contributed by atoms with Crippen LogP contribution in [0.1, 0.15) is 37.8 Å². The minimum absolute atomic E-state index is 0.392. The van der Waals surface area contributed by atoms with Crippen LogP contribution in [-0.4, -0.2) is 45.3 Å². The van der Waals surface area contributed by atoms with Crippen LogP contribution in [0.2, 0.25) is 0 Å². The number of likely N-dealkylation sites (tertiary alicyclic amines) is 1. The van der Waals surface area contributed by atoms with Crippen LogP contribution in [0, 0.1) is 0 Å². The molecule has 0 amide bonds. The van der Waals surface area contributed by atoms with Crippen molar-refractivity contribution in [1.82, 2.24) is 10.2 Å². The number of methoxy groups -OCH3 is 2. The van der Waals surface area contributed by atoms with Gasteiger partial charge in [-0.2, -0.15) is 0 Å². The Morgan fingerprint density at radius 3 is 2.67 bits per heavy atom. The fourth-order valence-corrected chi connectivity index (χ4v) is 3.29. The Kier molecular flexibility index (Phi) is 5.88. The number of hydrogen-bond donors (Lipinski definition) is 1. The van der Waals surface area contributed by atoms with E-state index in [1.54, 1.807) is 14.2 Å². The Hall–Kier alpha value is -1.26. The summed E-state index contributed by atoms with van der Waals surface area (Å²) in [5.74, 6) is 1.60. The third-order valence-corrected chi connectivity index (χ3v) is 4.50. The molecule has 0 aromatic heterocycles. The number of hydrogen-bond acceptors (Lipinski definition) is 4. The van der Waals surface area contributed by atoms with Crippen molar-refractivity contribution < 1.29 is 9.47 Å². The van der Waals surface area contributed by atoms with Gasteiger partial charge in [0, 0.05) is 18.6 Å². The van der Waals surface area contributed by atoms with E-state index in [4.69, 9.17) is 9.47 Å². The minimum Gasteiger partial charge on any atom is -0.493 e. The number of ether oxygens (including phenoxy) is 2. The Bertz CT molecular complexity index is 448. The smallest absolute Gasteiger partial charge is 0.161 e. The maximum absolute atomic E-state index is 5.43. The van der Waals surface area contributed by atoms with Crippen molar-refractivity contribution in [3.05, 3.63) is 23.8 Å². The first-order valence-corrected chi connectivity index (χ1v) is 7.83. The van der Waals surface area contributed by atoms with Gasteiger partial charge in [-0.25, -0.2) is 0 Å². The molecule has 21 heavy (non-hydrogen) atoms. The van der Waals surface area contributed by atoms with Gasteiger partial charge in [0.25, 0.3) is 0 Å². The second-order valence-electron chi connectivity index (χ2n) is 5.74. The summed E-state index contributed by atoms with van der Waals surface area (Å²) in [7, 11) is 5.40. The molecule has 0 radical (unpaired) electrons. The number of benzene rings is 1. The predicted molar refractivity (Wildman–Crippen MR) is 86.2 cm³/mol. The van der Waals surface area contributed by atoms with Crippen molar-refractivity contribution in [2.24, 2.45) is 0 Å². The molecule has 118 valence electrons. The molecule has 0 bridgehead atoms. The van der Waals surface area contributed by atoms with E-state index in [1.807, 2.05) is 13.1 Å². The third kappa shape index (κ3) is 3.69. The summed E-state index contributed by atoms with van der Waals surface area (Å²) in [6.45, 7) is 4.51. The van der Waals surface area contributed by atoms with E-state index in [1.165, 1.54) is 31.4 Å². The molecule has 2 rings (SSSR count). The molecular weight excluding hydrogens is 264 g/mol. The van der Waals surface area contributed by atoms with Gasteiger partial charge < -0.3 is 14.8 Å². The highest BCUT2D eigenvalue weighted by Crippen LogP contribution is 2.34. The average Bonchev–Trinajstić information content (AvgIpc) is 2.54. The third-order valence-electron chi connectivity index (χ3n) is 4.50.